The van der Waals surface area contributed by atoms with Gasteiger partial charge in [0, 0.05) is 64.2 Å². The molecule has 4 heterocycles. The first kappa shape index (κ1) is 43.6. The zero-order valence-electron chi connectivity index (χ0n) is 33.3. The SMILES string of the molecule is C=O.CCC(C#Cc1cc(S(=O)N2CCC(Nc3ncc(OC(F)F)cn3)CC2)ccc1C#N)N1CCC(c2ccc3c(N(C)CCC(=O)NC)nn(C)c3c2)CC1. The fourth-order valence-corrected chi connectivity index (χ4v) is 8.58. The molecule has 0 radical (unpaired) electrons. The number of amides is 1. The fraction of sp³-hybridized carbons (Fsp3) is 0.463. The molecule has 2 atom stereocenters. The number of alkyl halides is 2. The van der Waals surface area contributed by atoms with Gasteiger partial charge in [0.15, 0.2) is 11.6 Å². The number of benzene rings is 2. The number of anilines is 2. The first-order valence-electron chi connectivity index (χ1n) is 19.2. The van der Waals surface area contributed by atoms with E-state index in [1.807, 2.05) is 34.8 Å². The Morgan fingerprint density at radius 1 is 1.07 bits per heavy atom. The van der Waals surface area contributed by atoms with Crippen molar-refractivity contribution in [3.05, 3.63) is 65.5 Å². The molecular formula is C41H50F2N10O4S. The van der Waals surface area contributed by atoms with Crippen molar-refractivity contribution in [1.29, 1.82) is 5.26 Å². The molecule has 17 heteroatoms. The molecule has 6 rings (SSSR count). The second-order valence-corrected chi connectivity index (χ2v) is 15.6. The van der Waals surface area contributed by atoms with Gasteiger partial charge in [-0.2, -0.15) is 19.1 Å². The Balaban J connectivity index is 0.00000315. The second kappa shape index (κ2) is 20.8. The number of piperidine rings is 2. The van der Waals surface area contributed by atoms with Gasteiger partial charge in [-0.25, -0.2) is 18.5 Å². The van der Waals surface area contributed by atoms with E-state index in [2.05, 4.69) is 73.3 Å². The van der Waals surface area contributed by atoms with Crippen molar-refractivity contribution in [2.24, 2.45) is 7.05 Å². The number of nitrogens with zero attached hydrogens (tertiary/aromatic N) is 8. The molecule has 2 aromatic carbocycles. The van der Waals surface area contributed by atoms with Gasteiger partial charge >= 0.3 is 6.61 Å². The third-order valence-corrected chi connectivity index (χ3v) is 12.1. The van der Waals surface area contributed by atoms with Gasteiger partial charge in [-0.3, -0.25) is 14.4 Å². The monoisotopic (exact) mass is 816 g/mol. The van der Waals surface area contributed by atoms with Gasteiger partial charge in [0.1, 0.15) is 23.8 Å². The van der Waals surface area contributed by atoms with Gasteiger partial charge in [0.05, 0.1) is 34.4 Å². The van der Waals surface area contributed by atoms with Crippen molar-refractivity contribution < 1.29 is 27.3 Å². The predicted octanol–water partition coefficient (Wildman–Crippen LogP) is 4.83. The highest BCUT2D eigenvalue weighted by atomic mass is 32.2. The molecule has 14 nitrogen and oxygen atoms in total. The van der Waals surface area contributed by atoms with Crippen molar-refractivity contribution in [1.82, 2.24) is 34.3 Å². The molecule has 2 aromatic heterocycles. The molecule has 0 saturated carbocycles. The molecule has 4 aromatic rings. The number of carbonyl (C=O) groups is 2. The summed E-state index contributed by atoms with van der Waals surface area (Å²) in [6.45, 7) is 4.68. The van der Waals surface area contributed by atoms with Crippen LogP contribution in [0, 0.1) is 23.2 Å². The summed E-state index contributed by atoms with van der Waals surface area (Å²) in [5, 5.41) is 21.6. The summed E-state index contributed by atoms with van der Waals surface area (Å²) in [7, 11) is 4.13. The Morgan fingerprint density at radius 3 is 2.41 bits per heavy atom. The predicted molar refractivity (Wildman–Crippen MR) is 219 cm³/mol. The quantitative estimate of drug-likeness (QED) is 0.178. The summed E-state index contributed by atoms with van der Waals surface area (Å²) in [6.07, 6.45) is 7.00. The number of halogens is 2. The van der Waals surface area contributed by atoms with Gasteiger partial charge in [0.2, 0.25) is 11.9 Å². The number of rotatable bonds is 13. The van der Waals surface area contributed by atoms with E-state index in [9.17, 15) is 23.0 Å². The van der Waals surface area contributed by atoms with Crippen molar-refractivity contribution in [2.45, 2.75) is 75.0 Å². The van der Waals surface area contributed by atoms with Gasteiger partial charge in [-0.1, -0.05) is 24.8 Å². The van der Waals surface area contributed by atoms with Gasteiger partial charge in [-0.05, 0) is 87.0 Å². The van der Waals surface area contributed by atoms with Crippen molar-refractivity contribution in [3.63, 3.8) is 0 Å². The van der Waals surface area contributed by atoms with E-state index >= 15 is 0 Å². The molecule has 58 heavy (non-hydrogen) atoms. The topological polar surface area (TPSA) is 162 Å². The fourth-order valence-electron chi connectivity index (χ4n) is 7.33. The third kappa shape index (κ3) is 10.9. The summed E-state index contributed by atoms with van der Waals surface area (Å²) in [5.74, 6) is 8.21. The lowest BCUT2D eigenvalue weighted by molar-refractivity contribution is -0.120. The minimum Gasteiger partial charge on any atom is -0.432 e. The Hall–Kier alpha value is -5.49. The number of fused-ring (bicyclic) bond motifs is 1. The van der Waals surface area contributed by atoms with Gasteiger partial charge in [0.25, 0.3) is 0 Å². The second-order valence-electron chi connectivity index (χ2n) is 14.1. The van der Waals surface area contributed by atoms with Crippen LogP contribution in [0.5, 0.6) is 5.75 Å². The molecule has 308 valence electrons. The zero-order chi connectivity index (χ0) is 41.8. The van der Waals surface area contributed by atoms with Gasteiger partial charge in [-0.15, -0.1) is 0 Å². The van der Waals surface area contributed by atoms with Crippen LogP contribution in [0.1, 0.15) is 68.1 Å². The molecule has 0 spiro atoms. The van der Waals surface area contributed by atoms with Crippen LogP contribution in [-0.2, 0) is 27.6 Å². The lowest BCUT2D eigenvalue weighted by Crippen LogP contribution is -2.40. The zero-order valence-corrected chi connectivity index (χ0v) is 34.1. The normalized spacial score (nSPS) is 16.3. The first-order valence-corrected chi connectivity index (χ1v) is 20.3. The minimum absolute atomic E-state index is 0.00266. The number of nitrogens with one attached hydrogen (secondary N) is 2. The van der Waals surface area contributed by atoms with E-state index < -0.39 is 17.6 Å². The average Bonchev–Trinajstić information content (AvgIpc) is 3.59. The molecule has 2 aliphatic rings. The van der Waals surface area contributed by atoms with Crippen molar-refractivity contribution in [3.8, 4) is 23.7 Å². The first-order chi connectivity index (χ1) is 28.1. The van der Waals surface area contributed by atoms with E-state index in [1.54, 1.807) is 25.2 Å². The highest BCUT2D eigenvalue weighted by Gasteiger charge is 2.27. The maximum atomic E-state index is 13.7. The smallest absolute Gasteiger partial charge is 0.387 e. The highest BCUT2D eigenvalue weighted by Crippen LogP contribution is 2.34. The standard InChI is InChI=1S/C40H48F2N10O3S.CH2O/c1-5-32(51-18-12-27(13-19-51)29-8-11-35-36(23-29)50(4)48-38(35)49(3)17-16-37(53)44-2)9-6-28-22-34(10-7-30(28)24-43)56(54)52-20-14-31(15-21-52)47-40-45-25-33(26-46-40)55-39(41)42;1-2/h7-8,10-11,22-23,25-27,31-32,39H,5,12-21H2,1-4H3,(H,44,53)(H,45,46,47);1H2. The molecule has 0 bridgehead atoms. The van der Waals surface area contributed by atoms with E-state index in [0.717, 1.165) is 49.1 Å². The maximum absolute atomic E-state index is 13.7. The number of ether oxygens (including phenoxy) is 1. The maximum Gasteiger partial charge on any atom is 0.387 e. The summed E-state index contributed by atoms with van der Waals surface area (Å²) < 4.78 is 46.6. The number of aromatic nitrogens is 4. The summed E-state index contributed by atoms with van der Waals surface area (Å²) in [4.78, 5) is 32.9. The van der Waals surface area contributed by atoms with Crippen LogP contribution < -0.4 is 20.3 Å². The lowest BCUT2D eigenvalue weighted by atomic mass is 9.88. The minimum atomic E-state index is -2.94. The van der Waals surface area contributed by atoms with E-state index in [-0.39, 0.29) is 23.7 Å². The summed E-state index contributed by atoms with van der Waals surface area (Å²) >= 11 is 0. The molecule has 2 N–H and O–H groups in total. The number of nitriles is 1. The number of likely N-dealkylation sites (tertiary alicyclic amines) is 1. The van der Waals surface area contributed by atoms with E-state index in [0.29, 0.717) is 66.8 Å². The average molecular weight is 817 g/mol. The van der Waals surface area contributed by atoms with Crippen LogP contribution in [0.4, 0.5) is 20.5 Å². The lowest BCUT2D eigenvalue weighted by Gasteiger charge is -2.35. The Bertz CT molecular complexity index is 2140. The van der Waals surface area contributed by atoms with Crippen LogP contribution in [0.25, 0.3) is 10.9 Å². The number of hydrogen-bond acceptors (Lipinski definition) is 11. The molecular weight excluding hydrogens is 767 g/mol. The number of aryl methyl sites for hydroxylation is 1. The largest absolute Gasteiger partial charge is 0.432 e. The van der Waals surface area contributed by atoms with Crippen LogP contribution >= 0.6 is 0 Å². The Kier molecular flexibility index (Phi) is 15.6. The van der Waals surface area contributed by atoms with Crippen LogP contribution in [-0.4, -0.2) is 111 Å². The Labute approximate surface area is 340 Å². The Morgan fingerprint density at radius 2 is 1.78 bits per heavy atom. The van der Waals surface area contributed by atoms with E-state index in [4.69, 9.17) is 9.89 Å². The van der Waals surface area contributed by atoms with Crippen molar-refractivity contribution in [2.75, 3.05) is 57.0 Å². The number of hydrogen-bond donors (Lipinski definition) is 2. The van der Waals surface area contributed by atoms with Crippen LogP contribution in [0.15, 0.2) is 53.7 Å². The van der Waals surface area contributed by atoms with Crippen LogP contribution in [0.3, 0.4) is 0 Å². The van der Waals surface area contributed by atoms with Crippen LogP contribution in [0.2, 0.25) is 0 Å². The van der Waals surface area contributed by atoms with Crippen molar-refractivity contribution >= 4 is 46.4 Å². The van der Waals surface area contributed by atoms with E-state index in [1.165, 1.54) is 18.0 Å². The summed E-state index contributed by atoms with van der Waals surface area (Å²) in [6, 6.07) is 14.1. The molecule has 1 amide bonds. The number of carbonyl (C=O) groups excluding carboxylic acids is 2. The van der Waals surface area contributed by atoms with Gasteiger partial charge < -0.3 is 25.1 Å². The molecule has 2 aliphatic heterocycles. The molecule has 2 saturated heterocycles. The third-order valence-electron chi connectivity index (χ3n) is 10.6. The summed E-state index contributed by atoms with van der Waals surface area (Å²) in [5.41, 5.74) is 3.39. The molecule has 0 aliphatic carbocycles. The highest BCUT2D eigenvalue weighted by molar-refractivity contribution is 7.82. The molecule has 2 unspecified atom stereocenters. The molecule has 2 fully saturated rings.